The monoisotopic (exact) mass is 494 g/mol. The third-order valence-corrected chi connectivity index (χ3v) is 6.03. The number of hydrogen-bond donors (Lipinski definition) is 2. The number of ether oxygens (including phenoxy) is 1. The summed E-state index contributed by atoms with van der Waals surface area (Å²) in [5, 5.41) is 10.0. The Morgan fingerprint density at radius 3 is 2.49 bits per heavy atom. The van der Waals surface area contributed by atoms with Crippen molar-refractivity contribution in [2.45, 2.75) is 33.2 Å². The van der Waals surface area contributed by atoms with Gasteiger partial charge >= 0.3 is 5.97 Å². The molecule has 2 amide bonds. The fourth-order valence-corrected chi connectivity index (χ4v) is 4.04. The van der Waals surface area contributed by atoms with Gasteiger partial charge in [0.15, 0.2) is 6.61 Å². The summed E-state index contributed by atoms with van der Waals surface area (Å²) in [5.74, 6) is -0.841. The normalized spacial score (nSPS) is 11.5. The van der Waals surface area contributed by atoms with Gasteiger partial charge in [-0.15, -0.1) is 0 Å². The number of para-hydroxylation sites is 1. The molecule has 35 heavy (non-hydrogen) atoms. The van der Waals surface area contributed by atoms with Gasteiger partial charge in [-0.1, -0.05) is 35.9 Å². The van der Waals surface area contributed by atoms with Gasteiger partial charge in [-0.05, 0) is 63.5 Å². The number of rotatable bonds is 10. The number of anilines is 1. The topological polar surface area (TPSA) is 102 Å². The minimum absolute atomic E-state index is 0.360. The molecule has 9 heteroatoms. The Morgan fingerprint density at radius 2 is 1.80 bits per heavy atom. The summed E-state index contributed by atoms with van der Waals surface area (Å²) in [5.41, 5.74) is 4.26. The largest absolute Gasteiger partial charge is 0.454 e. The Hall–Kier alpha value is -3.59. The highest BCUT2D eigenvalue weighted by molar-refractivity contribution is 7.98. The SMILES string of the molecule is CSCC[C@@H](NC(=O)c1cccc(C)c1)C(=O)OCC(=O)Nc1c(C)nn(-c2ccccc2)c1C. The highest BCUT2D eigenvalue weighted by atomic mass is 32.2. The molecule has 2 aromatic carbocycles. The second kappa shape index (κ2) is 12.2. The molecule has 0 unspecified atom stereocenters. The van der Waals surface area contributed by atoms with Crippen molar-refractivity contribution in [3.8, 4) is 5.69 Å². The molecule has 2 N–H and O–H groups in total. The highest BCUT2D eigenvalue weighted by Gasteiger charge is 2.24. The lowest BCUT2D eigenvalue weighted by molar-refractivity contribution is -0.149. The lowest BCUT2D eigenvalue weighted by Crippen LogP contribution is -2.43. The molecule has 3 aromatic rings. The predicted octanol–water partition coefficient (Wildman–Crippen LogP) is 3.83. The number of aryl methyl sites for hydroxylation is 2. The number of carbonyl (C=O) groups is 3. The summed E-state index contributed by atoms with van der Waals surface area (Å²) < 4.78 is 7.01. The van der Waals surface area contributed by atoms with Gasteiger partial charge in [0.05, 0.1) is 22.8 Å². The Labute approximate surface area is 209 Å². The van der Waals surface area contributed by atoms with Crippen molar-refractivity contribution < 1.29 is 19.1 Å². The molecule has 0 spiro atoms. The molecule has 1 atom stereocenters. The van der Waals surface area contributed by atoms with E-state index in [9.17, 15) is 14.4 Å². The summed E-state index contributed by atoms with van der Waals surface area (Å²) in [6.45, 7) is 5.08. The molecule has 0 fully saturated rings. The first-order chi connectivity index (χ1) is 16.8. The van der Waals surface area contributed by atoms with E-state index in [0.29, 0.717) is 29.1 Å². The minimum atomic E-state index is -0.854. The van der Waals surface area contributed by atoms with Crippen LogP contribution in [0.25, 0.3) is 5.69 Å². The zero-order valence-electron chi connectivity index (χ0n) is 20.3. The van der Waals surface area contributed by atoms with E-state index in [2.05, 4.69) is 15.7 Å². The summed E-state index contributed by atoms with van der Waals surface area (Å²) in [7, 11) is 0. The summed E-state index contributed by atoms with van der Waals surface area (Å²) in [6.07, 6.45) is 2.31. The summed E-state index contributed by atoms with van der Waals surface area (Å²) in [4.78, 5) is 37.9. The van der Waals surface area contributed by atoms with Crippen molar-refractivity contribution in [1.29, 1.82) is 0 Å². The van der Waals surface area contributed by atoms with Crippen LogP contribution in [0.15, 0.2) is 54.6 Å². The van der Waals surface area contributed by atoms with Gasteiger partial charge in [0.1, 0.15) is 6.04 Å². The van der Waals surface area contributed by atoms with E-state index in [1.807, 2.05) is 56.5 Å². The Morgan fingerprint density at radius 1 is 1.06 bits per heavy atom. The van der Waals surface area contributed by atoms with Crippen molar-refractivity contribution in [3.63, 3.8) is 0 Å². The molecule has 184 valence electrons. The molecule has 8 nitrogen and oxygen atoms in total. The van der Waals surface area contributed by atoms with Crippen LogP contribution in [-0.4, -0.2) is 52.2 Å². The smallest absolute Gasteiger partial charge is 0.329 e. The average Bonchev–Trinajstić information content (AvgIpc) is 3.13. The van der Waals surface area contributed by atoms with Crippen molar-refractivity contribution in [2.75, 3.05) is 23.9 Å². The number of hydrogen-bond acceptors (Lipinski definition) is 6. The molecule has 0 aliphatic rings. The van der Waals surface area contributed by atoms with Gasteiger partial charge in [-0.25, -0.2) is 9.48 Å². The number of aromatic nitrogens is 2. The molecule has 0 bridgehead atoms. The van der Waals surface area contributed by atoms with Crippen molar-refractivity contribution in [1.82, 2.24) is 15.1 Å². The van der Waals surface area contributed by atoms with Crippen LogP contribution in [0, 0.1) is 20.8 Å². The van der Waals surface area contributed by atoms with E-state index in [1.165, 1.54) is 0 Å². The number of esters is 1. The molecule has 0 saturated carbocycles. The van der Waals surface area contributed by atoms with E-state index < -0.39 is 24.5 Å². The molecule has 0 aliphatic carbocycles. The van der Waals surface area contributed by atoms with Gasteiger partial charge in [0, 0.05) is 5.56 Å². The lowest BCUT2D eigenvalue weighted by atomic mass is 10.1. The van der Waals surface area contributed by atoms with Gasteiger partial charge in [-0.2, -0.15) is 16.9 Å². The van der Waals surface area contributed by atoms with E-state index >= 15 is 0 Å². The summed E-state index contributed by atoms with van der Waals surface area (Å²) in [6, 6.07) is 15.8. The molecular weight excluding hydrogens is 464 g/mol. The maximum absolute atomic E-state index is 12.7. The first-order valence-electron chi connectivity index (χ1n) is 11.2. The first-order valence-corrected chi connectivity index (χ1v) is 12.6. The van der Waals surface area contributed by atoms with Crippen LogP contribution in [0.4, 0.5) is 5.69 Å². The van der Waals surface area contributed by atoms with Gasteiger partial charge in [-0.3, -0.25) is 9.59 Å². The Bertz CT molecular complexity index is 1190. The fourth-order valence-electron chi connectivity index (χ4n) is 3.57. The van der Waals surface area contributed by atoms with Crippen LogP contribution in [0.1, 0.15) is 33.7 Å². The number of carbonyl (C=O) groups excluding carboxylic acids is 3. The molecule has 0 saturated heterocycles. The maximum Gasteiger partial charge on any atom is 0.329 e. The lowest BCUT2D eigenvalue weighted by Gasteiger charge is -2.17. The third kappa shape index (κ3) is 6.95. The van der Waals surface area contributed by atoms with Crippen LogP contribution in [0.3, 0.4) is 0 Å². The molecule has 1 heterocycles. The summed E-state index contributed by atoms with van der Waals surface area (Å²) >= 11 is 1.55. The van der Waals surface area contributed by atoms with Crippen LogP contribution < -0.4 is 10.6 Å². The molecule has 0 radical (unpaired) electrons. The minimum Gasteiger partial charge on any atom is -0.454 e. The highest BCUT2D eigenvalue weighted by Crippen LogP contribution is 2.22. The van der Waals surface area contributed by atoms with E-state index in [1.54, 1.807) is 41.6 Å². The standard InChI is InChI=1S/C26H30N4O4S/c1-17-9-8-10-20(15-17)25(32)27-22(13-14-35-4)26(33)34-16-23(31)28-24-18(2)29-30(19(24)3)21-11-6-5-7-12-21/h5-12,15,22H,13-14,16H2,1-4H3,(H,27,32)(H,28,31)/t22-/m1/s1. The molecule has 1 aromatic heterocycles. The average molecular weight is 495 g/mol. The maximum atomic E-state index is 12.7. The zero-order valence-corrected chi connectivity index (χ0v) is 21.1. The van der Waals surface area contributed by atoms with E-state index in [0.717, 1.165) is 16.9 Å². The third-order valence-electron chi connectivity index (χ3n) is 5.38. The Kier molecular flexibility index (Phi) is 9.08. The first kappa shape index (κ1) is 26.0. The predicted molar refractivity (Wildman–Crippen MR) is 138 cm³/mol. The quantitative estimate of drug-likeness (QED) is 0.415. The second-order valence-corrected chi connectivity index (χ2v) is 9.11. The van der Waals surface area contributed by atoms with Crippen LogP contribution in [0.5, 0.6) is 0 Å². The molecular formula is C26H30N4O4S. The number of benzene rings is 2. The second-order valence-electron chi connectivity index (χ2n) is 8.13. The number of thioether (sulfide) groups is 1. The fraction of sp³-hybridized carbons (Fsp3) is 0.308. The van der Waals surface area contributed by atoms with Crippen LogP contribution >= 0.6 is 11.8 Å². The Balaban J connectivity index is 1.61. The number of amides is 2. The number of nitrogens with one attached hydrogen (secondary N) is 2. The molecule has 0 aliphatic heterocycles. The van der Waals surface area contributed by atoms with Gasteiger partial charge in [0.25, 0.3) is 11.8 Å². The van der Waals surface area contributed by atoms with E-state index in [4.69, 9.17) is 4.74 Å². The van der Waals surface area contributed by atoms with Crippen molar-refractivity contribution in [3.05, 3.63) is 77.1 Å². The number of nitrogens with zero attached hydrogens (tertiary/aromatic N) is 2. The van der Waals surface area contributed by atoms with Crippen LogP contribution in [-0.2, 0) is 14.3 Å². The van der Waals surface area contributed by atoms with Crippen LogP contribution in [0.2, 0.25) is 0 Å². The van der Waals surface area contributed by atoms with Crippen molar-refractivity contribution >= 4 is 35.2 Å². The van der Waals surface area contributed by atoms with E-state index in [-0.39, 0.29) is 5.91 Å². The van der Waals surface area contributed by atoms with Gasteiger partial charge in [0.2, 0.25) is 0 Å². The zero-order chi connectivity index (χ0) is 25.4. The van der Waals surface area contributed by atoms with Gasteiger partial charge < -0.3 is 15.4 Å². The van der Waals surface area contributed by atoms with Crippen molar-refractivity contribution in [2.24, 2.45) is 0 Å². The molecule has 3 rings (SSSR count).